The average Bonchev–Trinajstić information content (AvgIpc) is 2.69. The van der Waals surface area contributed by atoms with Crippen LogP contribution in [0.15, 0.2) is 0 Å². The van der Waals surface area contributed by atoms with Gasteiger partial charge in [-0.1, -0.05) is 55.4 Å². The van der Waals surface area contributed by atoms with Crippen LogP contribution in [0.3, 0.4) is 0 Å². The summed E-state index contributed by atoms with van der Waals surface area (Å²) in [4.78, 5) is 0. The van der Waals surface area contributed by atoms with Gasteiger partial charge in [0.25, 0.3) is 0 Å². The molecule has 0 bridgehead atoms. The summed E-state index contributed by atoms with van der Waals surface area (Å²) in [5.41, 5.74) is 2.88. The Morgan fingerprint density at radius 2 is 1.19 bits per heavy atom. The van der Waals surface area contributed by atoms with Crippen molar-refractivity contribution in [3.05, 3.63) is 0 Å². The second-order valence-electron chi connectivity index (χ2n) is 15.5. The van der Waals surface area contributed by atoms with Crippen molar-refractivity contribution in [1.29, 1.82) is 0 Å². The maximum Gasteiger partial charge on any atom is 0.0571 e. The first-order valence-corrected chi connectivity index (χ1v) is 13.9. The molecule has 10 atom stereocenters. The first kappa shape index (κ1) is 22.7. The summed E-state index contributed by atoms with van der Waals surface area (Å²) in [6, 6.07) is 0. The van der Waals surface area contributed by atoms with Gasteiger partial charge in [-0.25, -0.2) is 0 Å². The van der Waals surface area contributed by atoms with Crippen LogP contribution in [0.4, 0.5) is 0 Å². The summed E-state index contributed by atoms with van der Waals surface area (Å²) in [7, 11) is 0. The van der Waals surface area contributed by atoms with Crippen LogP contribution in [-0.4, -0.2) is 11.2 Å². The highest BCUT2D eigenvalue weighted by Gasteiger charge is 2.70. The molecule has 0 unspecified atom stereocenters. The zero-order valence-corrected chi connectivity index (χ0v) is 22.1. The van der Waals surface area contributed by atoms with Crippen LogP contribution < -0.4 is 0 Å². The first-order valence-electron chi connectivity index (χ1n) is 13.9. The summed E-state index contributed by atoms with van der Waals surface area (Å²) >= 11 is 0. The Morgan fingerprint density at radius 1 is 0.581 bits per heavy atom. The fraction of sp³-hybridized carbons (Fsp3) is 1.00. The Kier molecular flexibility index (Phi) is 4.80. The van der Waals surface area contributed by atoms with Gasteiger partial charge < -0.3 is 5.11 Å². The Bertz CT molecular complexity index is 741. The average molecular weight is 429 g/mol. The van der Waals surface area contributed by atoms with Crippen molar-refractivity contribution in [3.63, 3.8) is 0 Å². The lowest BCUT2D eigenvalue weighted by Crippen LogP contribution is -2.67. The molecule has 5 fully saturated rings. The van der Waals surface area contributed by atoms with Gasteiger partial charge in [-0.05, 0) is 127 Å². The molecule has 0 aromatic carbocycles. The number of hydrogen-bond donors (Lipinski definition) is 1. The van der Waals surface area contributed by atoms with Crippen LogP contribution in [0.25, 0.3) is 0 Å². The van der Waals surface area contributed by atoms with E-state index in [2.05, 4.69) is 55.4 Å². The molecule has 1 heteroatoms. The summed E-state index contributed by atoms with van der Waals surface area (Å²) in [6.45, 7) is 20.9. The topological polar surface area (TPSA) is 20.2 Å². The van der Waals surface area contributed by atoms with E-state index in [0.717, 1.165) is 24.2 Å². The molecule has 0 amide bonds. The van der Waals surface area contributed by atoms with E-state index in [0.29, 0.717) is 38.4 Å². The van der Waals surface area contributed by atoms with Crippen LogP contribution in [0.5, 0.6) is 0 Å². The largest absolute Gasteiger partial charge is 0.393 e. The molecule has 5 saturated carbocycles. The highest BCUT2D eigenvalue weighted by Crippen LogP contribution is 2.78. The van der Waals surface area contributed by atoms with Gasteiger partial charge in [0.15, 0.2) is 0 Å². The number of hydrogen-bond acceptors (Lipinski definition) is 1. The molecule has 1 N–H and O–H groups in total. The standard InChI is InChI=1S/C30H52O/c1-20-21(31)9-10-22-27(20,5)12-11-23-28(22,6)16-18-30(8)24-19-25(2,3)13-14-26(24,4)15-17-29(23,30)7/h20-24,31H,9-19H2,1-8H3/t20-,21-,22-,23-,24+,26-,27-,28-,29-,30+/m1/s1. The third-order valence-electron chi connectivity index (χ3n) is 13.9. The normalized spacial score (nSPS) is 60.9. The van der Waals surface area contributed by atoms with E-state index in [9.17, 15) is 5.11 Å². The number of aliphatic hydroxyl groups is 1. The Hall–Kier alpha value is -0.0400. The minimum absolute atomic E-state index is 0.0781. The highest BCUT2D eigenvalue weighted by molar-refractivity contribution is 5.19. The van der Waals surface area contributed by atoms with Gasteiger partial charge in [-0.2, -0.15) is 0 Å². The molecule has 0 saturated heterocycles. The molecular formula is C30H52O. The van der Waals surface area contributed by atoms with E-state index >= 15 is 0 Å². The number of rotatable bonds is 0. The zero-order chi connectivity index (χ0) is 22.7. The second-order valence-corrected chi connectivity index (χ2v) is 15.5. The van der Waals surface area contributed by atoms with Gasteiger partial charge >= 0.3 is 0 Å². The van der Waals surface area contributed by atoms with Gasteiger partial charge in [0.05, 0.1) is 6.10 Å². The van der Waals surface area contributed by atoms with Gasteiger partial charge in [0.2, 0.25) is 0 Å². The quantitative estimate of drug-likeness (QED) is 0.412. The van der Waals surface area contributed by atoms with Crippen molar-refractivity contribution < 1.29 is 5.11 Å². The minimum atomic E-state index is -0.0781. The molecule has 0 aliphatic heterocycles. The predicted octanol–water partition coefficient (Wildman–Crippen LogP) is 8.25. The minimum Gasteiger partial charge on any atom is -0.393 e. The lowest BCUT2D eigenvalue weighted by atomic mass is 9.30. The maximum absolute atomic E-state index is 10.7. The van der Waals surface area contributed by atoms with Crippen molar-refractivity contribution in [2.45, 2.75) is 132 Å². The summed E-state index contributed by atoms with van der Waals surface area (Å²) in [5, 5.41) is 10.7. The summed E-state index contributed by atoms with van der Waals surface area (Å²) in [5.74, 6) is 3.02. The monoisotopic (exact) mass is 428 g/mol. The van der Waals surface area contributed by atoms with Crippen LogP contribution in [0.2, 0.25) is 0 Å². The number of aliphatic hydroxyl groups excluding tert-OH is 1. The van der Waals surface area contributed by atoms with Crippen molar-refractivity contribution in [2.24, 2.45) is 56.2 Å². The van der Waals surface area contributed by atoms with E-state index in [1.165, 1.54) is 64.2 Å². The fourth-order valence-corrected chi connectivity index (χ4v) is 11.4. The maximum atomic E-state index is 10.7. The molecule has 0 aromatic rings. The molecule has 31 heavy (non-hydrogen) atoms. The fourth-order valence-electron chi connectivity index (χ4n) is 11.4. The molecule has 178 valence electrons. The lowest BCUT2D eigenvalue weighted by Gasteiger charge is -2.75. The molecule has 0 aromatic heterocycles. The highest BCUT2D eigenvalue weighted by atomic mass is 16.3. The Balaban J connectivity index is 1.54. The molecule has 5 aliphatic rings. The molecule has 5 aliphatic carbocycles. The van der Waals surface area contributed by atoms with Crippen molar-refractivity contribution in [1.82, 2.24) is 0 Å². The van der Waals surface area contributed by atoms with E-state index in [-0.39, 0.29) is 6.10 Å². The van der Waals surface area contributed by atoms with E-state index < -0.39 is 0 Å². The van der Waals surface area contributed by atoms with Gasteiger partial charge in [0, 0.05) is 0 Å². The van der Waals surface area contributed by atoms with Crippen LogP contribution in [0, 0.1) is 56.2 Å². The van der Waals surface area contributed by atoms with Crippen molar-refractivity contribution >= 4 is 0 Å². The molecule has 1 nitrogen and oxygen atoms in total. The van der Waals surface area contributed by atoms with Gasteiger partial charge in [-0.3, -0.25) is 0 Å². The Morgan fingerprint density at radius 3 is 1.90 bits per heavy atom. The Labute approximate surface area is 193 Å². The van der Waals surface area contributed by atoms with E-state index in [1.807, 2.05) is 0 Å². The predicted molar refractivity (Wildman–Crippen MR) is 131 cm³/mol. The summed E-state index contributed by atoms with van der Waals surface area (Å²) in [6.07, 6.45) is 15.1. The van der Waals surface area contributed by atoms with Gasteiger partial charge in [0.1, 0.15) is 0 Å². The van der Waals surface area contributed by atoms with E-state index in [1.54, 1.807) is 0 Å². The SMILES string of the molecule is C[C@@H]1[C@H](O)CC[C@@H]2[C@]1(C)CC[C@@H]1[C@]2(C)CC[C@@]2(C)[C@H]3CC(C)(C)CC[C@]3(C)CC[C@]12C. The number of fused-ring (bicyclic) bond motifs is 7. The first-order chi connectivity index (χ1) is 14.2. The smallest absolute Gasteiger partial charge is 0.0571 e. The van der Waals surface area contributed by atoms with Gasteiger partial charge in [-0.15, -0.1) is 0 Å². The molecule has 0 heterocycles. The third kappa shape index (κ3) is 2.77. The lowest BCUT2D eigenvalue weighted by molar-refractivity contribution is -0.263. The molecular weight excluding hydrogens is 376 g/mol. The van der Waals surface area contributed by atoms with E-state index in [4.69, 9.17) is 0 Å². The zero-order valence-electron chi connectivity index (χ0n) is 22.1. The van der Waals surface area contributed by atoms with Crippen molar-refractivity contribution in [3.8, 4) is 0 Å². The molecule has 5 rings (SSSR count). The summed E-state index contributed by atoms with van der Waals surface area (Å²) < 4.78 is 0. The van der Waals surface area contributed by atoms with Crippen molar-refractivity contribution in [2.75, 3.05) is 0 Å². The third-order valence-corrected chi connectivity index (χ3v) is 13.9. The van der Waals surface area contributed by atoms with Crippen LogP contribution in [-0.2, 0) is 0 Å². The molecule has 0 radical (unpaired) electrons. The molecule has 0 spiro atoms. The van der Waals surface area contributed by atoms with Crippen LogP contribution >= 0.6 is 0 Å². The second kappa shape index (κ2) is 6.55. The van der Waals surface area contributed by atoms with Crippen LogP contribution in [0.1, 0.15) is 126 Å².